The van der Waals surface area contributed by atoms with Crippen molar-refractivity contribution in [2.45, 2.75) is 12.8 Å². The van der Waals surface area contributed by atoms with Gasteiger partial charge in [0.05, 0.1) is 24.5 Å². The number of anilines is 1. The van der Waals surface area contributed by atoms with Crippen LogP contribution in [0.4, 0.5) is 5.69 Å². The van der Waals surface area contributed by atoms with Crippen molar-refractivity contribution in [3.05, 3.63) is 42.0 Å². The number of benzene rings is 1. The highest BCUT2D eigenvalue weighted by atomic mass is 16.5. The van der Waals surface area contributed by atoms with Crippen molar-refractivity contribution in [3.8, 4) is 0 Å². The lowest BCUT2D eigenvalue weighted by atomic mass is 9.85. The van der Waals surface area contributed by atoms with Gasteiger partial charge in [-0.3, -0.25) is 19.3 Å². The normalized spacial score (nSPS) is 27.8. The summed E-state index contributed by atoms with van der Waals surface area (Å²) in [7, 11) is 1.30. The molecule has 3 aliphatic rings. The second-order valence-electron chi connectivity index (χ2n) is 7.20. The van der Waals surface area contributed by atoms with Crippen LogP contribution in [0.2, 0.25) is 0 Å². The molecule has 1 aliphatic heterocycles. The second kappa shape index (κ2) is 6.64. The molecule has 140 valence electrons. The van der Waals surface area contributed by atoms with E-state index in [0.29, 0.717) is 11.3 Å². The Bertz CT molecular complexity index is 814. The summed E-state index contributed by atoms with van der Waals surface area (Å²) in [6.07, 6.45) is 5.03. The van der Waals surface area contributed by atoms with Crippen molar-refractivity contribution >= 4 is 29.4 Å². The SMILES string of the molecule is COC(=O)c1ccc(NC(=O)CCN2C(=O)[C@@H]3[C@@H](C2=O)[C@@H]2C=C[C@@H]3C2)cc1. The maximum atomic E-state index is 12.6. The van der Waals surface area contributed by atoms with Gasteiger partial charge >= 0.3 is 5.97 Å². The number of hydrogen-bond donors (Lipinski definition) is 1. The predicted octanol–water partition coefficient (Wildman–Crippen LogP) is 1.61. The van der Waals surface area contributed by atoms with E-state index in [2.05, 4.69) is 10.1 Å². The highest BCUT2D eigenvalue weighted by molar-refractivity contribution is 6.06. The van der Waals surface area contributed by atoms with E-state index in [1.165, 1.54) is 12.0 Å². The number of nitrogens with one attached hydrogen (secondary N) is 1. The molecule has 1 heterocycles. The Hall–Kier alpha value is -2.96. The Balaban J connectivity index is 1.33. The van der Waals surface area contributed by atoms with Gasteiger partial charge in [0.15, 0.2) is 0 Å². The topological polar surface area (TPSA) is 92.8 Å². The van der Waals surface area contributed by atoms with E-state index >= 15 is 0 Å². The Morgan fingerprint density at radius 2 is 1.67 bits per heavy atom. The lowest BCUT2D eigenvalue weighted by molar-refractivity contribution is -0.140. The first kappa shape index (κ1) is 17.5. The minimum atomic E-state index is -0.451. The molecule has 1 aromatic carbocycles. The number of amides is 3. The summed E-state index contributed by atoms with van der Waals surface area (Å²) in [6, 6.07) is 6.31. The van der Waals surface area contributed by atoms with Gasteiger partial charge in [-0.05, 0) is 42.5 Å². The molecule has 2 bridgehead atoms. The van der Waals surface area contributed by atoms with E-state index in [-0.39, 0.29) is 54.4 Å². The van der Waals surface area contributed by atoms with E-state index in [1.54, 1.807) is 24.3 Å². The first-order valence-corrected chi connectivity index (χ1v) is 9.01. The summed E-state index contributed by atoms with van der Waals surface area (Å²) in [5, 5.41) is 2.71. The maximum Gasteiger partial charge on any atom is 0.337 e. The van der Waals surface area contributed by atoms with Gasteiger partial charge in [0, 0.05) is 18.7 Å². The number of carbonyl (C=O) groups excluding carboxylic acids is 4. The van der Waals surface area contributed by atoms with Gasteiger partial charge in [0.2, 0.25) is 17.7 Å². The molecule has 0 unspecified atom stereocenters. The summed E-state index contributed by atoms with van der Waals surface area (Å²) < 4.78 is 4.62. The fourth-order valence-electron chi connectivity index (χ4n) is 4.43. The molecular formula is C20H20N2O5. The first-order chi connectivity index (χ1) is 13.0. The van der Waals surface area contributed by atoms with Gasteiger partial charge in [-0.1, -0.05) is 12.2 Å². The third-order valence-electron chi connectivity index (χ3n) is 5.71. The summed E-state index contributed by atoms with van der Waals surface area (Å²) >= 11 is 0. The third-order valence-corrected chi connectivity index (χ3v) is 5.71. The van der Waals surface area contributed by atoms with Crippen molar-refractivity contribution in [3.63, 3.8) is 0 Å². The van der Waals surface area contributed by atoms with E-state index in [9.17, 15) is 19.2 Å². The molecule has 27 heavy (non-hydrogen) atoms. The largest absolute Gasteiger partial charge is 0.465 e. The van der Waals surface area contributed by atoms with Crippen molar-refractivity contribution < 1.29 is 23.9 Å². The molecule has 0 spiro atoms. The smallest absolute Gasteiger partial charge is 0.337 e. The summed E-state index contributed by atoms with van der Waals surface area (Å²) in [5.74, 6) is -1.16. The van der Waals surface area contributed by atoms with Crippen molar-refractivity contribution in [1.29, 1.82) is 0 Å². The van der Waals surface area contributed by atoms with Crippen molar-refractivity contribution in [1.82, 2.24) is 4.90 Å². The number of allylic oxidation sites excluding steroid dienone is 2. The molecule has 0 radical (unpaired) electrons. The summed E-state index contributed by atoms with van der Waals surface area (Å²) in [4.78, 5) is 50.0. The van der Waals surface area contributed by atoms with Crippen LogP contribution < -0.4 is 5.32 Å². The number of fused-ring (bicyclic) bond motifs is 5. The Morgan fingerprint density at radius 3 is 2.22 bits per heavy atom. The zero-order valence-corrected chi connectivity index (χ0v) is 14.9. The number of rotatable bonds is 5. The molecular weight excluding hydrogens is 348 g/mol. The Labute approximate surface area is 156 Å². The molecule has 7 heteroatoms. The number of esters is 1. The fourth-order valence-corrected chi connectivity index (χ4v) is 4.43. The minimum absolute atomic E-state index is 0.0401. The molecule has 3 amide bonds. The Morgan fingerprint density at radius 1 is 1.07 bits per heavy atom. The Kier molecular flexibility index (Phi) is 4.30. The lowest BCUT2D eigenvalue weighted by Gasteiger charge is -2.17. The maximum absolute atomic E-state index is 12.6. The van der Waals surface area contributed by atoms with Crippen LogP contribution in [0.1, 0.15) is 23.2 Å². The summed E-state index contributed by atoms with van der Waals surface area (Å²) in [6.45, 7) is 0.0934. The van der Waals surface area contributed by atoms with Crippen LogP contribution in [0.5, 0.6) is 0 Å². The van der Waals surface area contributed by atoms with Gasteiger partial charge in [0.1, 0.15) is 0 Å². The van der Waals surface area contributed by atoms with E-state index < -0.39 is 5.97 Å². The molecule has 7 nitrogen and oxygen atoms in total. The molecule has 2 aliphatic carbocycles. The molecule has 1 N–H and O–H groups in total. The second-order valence-corrected chi connectivity index (χ2v) is 7.20. The fraction of sp³-hybridized carbons (Fsp3) is 0.400. The highest BCUT2D eigenvalue weighted by Crippen LogP contribution is 2.52. The quantitative estimate of drug-likeness (QED) is 0.484. The molecule has 2 fully saturated rings. The monoisotopic (exact) mass is 368 g/mol. The molecule has 4 atom stereocenters. The van der Waals surface area contributed by atoms with Crippen molar-refractivity contribution in [2.24, 2.45) is 23.7 Å². The number of methoxy groups -OCH3 is 1. The third kappa shape index (κ3) is 2.93. The summed E-state index contributed by atoms with van der Waals surface area (Å²) in [5.41, 5.74) is 0.921. The highest BCUT2D eigenvalue weighted by Gasteiger charge is 2.58. The average molecular weight is 368 g/mol. The van der Waals surface area contributed by atoms with Crippen LogP contribution in [0.3, 0.4) is 0 Å². The molecule has 4 rings (SSSR count). The number of ether oxygens (including phenoxy) is 1. The van der Waals surface area contributed by atoms with E-state index in [4.69, 9.17) is 0 Å². The number of nitrogens with zero attached hydrogens (tertiary/aromatic N) is 1. The number of likely N-dealkylation sites (tertiary alicyclic amines) is 1. The van der Waals surface area contributed by atoms with Gasteiger partial charge < -0.3 is 10.1 Å². The van der Waals surface area contributed by atoms with Crippen LogP contribution >= 0.6 is 0 Å². The average Bonchev–Trinajstić information content (AvgIpc) is 3.35. The van der Waals surface area contributed by atoms with Gasteiger partial charge in [-0.2, -0.15) is 0 Å². The zero-order chi connectivity index (χ0) is 19.1. The first-order valence-electron chi connectivity index (χ1n) is 9.01. The van der Waals surface area contributed by atoms with E-state index in [1.807, 2.05) is 12.2 Å². The number of hydrogen-bond acceptors (Lipinski definition) is 5. The molecule has 1 saturated heterocycles. The van der Waals surface area contributed by atoms with Crippen LogP contribution in [0.25, 0.3) is 0 Å². The van der Waals surface area contributed by atoms with Gasteiger partial charge in [0.25, 0.3) is 0 Å². The predicted molar refractivity (Wildman–Crippen MR) is 95.5 cm³/mol. The minimum Gasteiger partial charge on any atom is -0.465 e. The van der Waals surface area contributed by atoms with E-state index in [0.717, 1.165) is 6.42 Å². The molecule has 0 aromatic heterocycles. The number of carbonyl (C=O) groups is 4. The number of imide groups is 1. The van der Waals surface area contributed by atoms with Crippen molar-refractivity contribution in [2.75, 3.05) is 19.0 Å². The molecule has 1 aromatic rings. The van der Waals surface area contributed by atoms with Crippen LogP contribution in [-0.4, -0.2) is 42.2 Å². The van der Waals surface area contributed by atoms with Gasteiger partial charge in [-0.25, -0.2) is 4.79 Å². The van der Waals surface area contributed by atoms with Gasteiger partial charge in [-0.15, -0.1) is 0 Å². The standard InChI is InChI=1S/C20H20N2O5/c1-27-20(26)11-4-6-14(7-5-11)21-15(23)8-9-22-18(24)16-12-2-3-13(10-12)17(16)19(22)25/h2-7,12-13,16-17H,8-10H2,1H3,(H,21,23)/t12-,13-,16+,17+/m1/s1. The molecule has 1 saturated carbocycles. The zero-order valence-electron chi connectivity index (χ0n) is 14.9. The van der Waals surface area contributed by atoms with Crippen LogP contribution in [0, 0.1) is 23.7 Å². The van der Waals surface area contributed by atoms with Crippen LogP contribution in [-0.2, 0) is 19.1 Å². The lowest BCUT2D eigenvalue weighted by Crippen LogP contribution is -2.35. The van der Waals surface area contributed by atoms with Crippen LogP contribution in [0.15, 0.2) is 36.4 Å².